The molecule has 1 N–H and O–H groups in total. The minimum absolute atomic E-state index is 0.0433. The van der Waals surface area contributed by atoms with Gasteiger partial charge in [0.2, 0.25) is 0 Å². The fourth-order valence-corrected chi connectivity index (χ4v) is 1.64. The molecule has 2 rings (SSSR count). The zero-order valence-corrected chi connectivity index (χ0v) is 9.68. The summed E-state index contributed by atoms with van der Waals surface area (Å²) in [6, 6.07) is 11.4. The van der Waals surface area contributed by atoms with E-state index in [4.69, 9.17) is 0 Å². The Morgan fingerprint density at radius 3 is 2.76 bits per heavy atom. The lowest BCUT2D eigenvalue weighted by Gasteiger charge is -2.05. The minimum Gasteiger partial charge on any atom is -0.352 e. The van der Waals surface area contributed by atoms with Crippen molar-refractivity contribution >= 4 is 5.91 Å². The molecule has 17 heavy (non-hydrogen) atoms. The standard InChI is InChI=1S/C14H14N2O/c1-2-16-14(17)12-6-3-5-11(9-12)13-7-4-8-15-10-13/h3-10H,2H2,1H3,(H,16,17). The van der Waals surface area contributed by atoms with Gasteiger partial charge in [-0.25, -0.2) is 0 Å². The van der Waals surface area contributed by atoms with Gasteiger partial charge in [-0.2, -0.15) is 0 Å². The molecule has 0 saturated heterocycles. The van der Waals surface area contributed by atoms with Crippen molar-refractivity contribution in [3.63, 3.8) is 0 Å². The van der Waals surface area contributed by atoms with Crippen LogP contribution in [0.4, 0.5) is 0 Å². The number of rotatable bonds is 3. The van der Waals surface area contributed by atoms with E-state index in [1.165, 1.54) is 0 Å². The number of carbonyl (C=O) groups is 1. The summed E-state index contributed by atoms with van der Waals surface area (Å²) in [6.07, 6.45) is 3.52. The molecule has 1 heterocycles. The Balaban J connectivity index is 2.32. The summed E-state index contributed by atoms with van der Waals surface area (Å²) < 4.78 is 0. The highest BCUT2D eigenvalue weighted by Crippen LogP contribution is 2.18. The lowest BCUT2D eigenvalue weighted by molar-refractivity contribution is 0.0956. The number of nitrogens with one attached hydrogen (secondary N) is 1. The number of nitrogens with zero attached hydrogens (tertiary/aromatic N) is 1. The maximum atomic E-state index is 11.7. The molecule has 0 radical (unpaired) electrons. The van der Waals surface area contributed by atoms with Crippen LogP contribution in [0.3, 0.4) is 0 Å². The fraction of sp³-hybridized carbons (Fsp3) is 0.143. The average Bonchev–Trinajstić information content (AvgIpc) is 2.40. The van der Waals surface area contributed by atoms with Gasteiger partial charge in [0.05, 0.1) is 0 Å². The number of hydrogen-bond donors (Lipinski definition) is 1. The molecule has 0 aliphatic heterocycles. The first kappa shape index (κ1) is 11.3. The van der Waals surface area contributed by atoms with Crippen LogP contribution in [0.1, 0.15) is 17.3 Å². The van der Waals surface area contributed by atoms with Crippen molar-refractivity contribution in [2.45, 2.75) is 6.92 Å². The van der Waals surface area contributed by atoms with Crippen LogP contribution in [0.5, 0.6) is 0 Å². The minimum atomic E-state index is -0.0433. The summed E-state index contributed by atoms with van der Waals surface area (Å²) >= 11 is 0. The van der Waals surface area contributed by atoms with Crippen LogP contribution in [0.25, 0.3) is 11.1 Å². The summed E-state index contributed by atoms with van der Waals surface area (Å²) in [7, 11) is 0. The molecule has 0 saturated carbocycles. The molecule has 0 fully saturated rings. The van der Waals surface area contributed by atoms with Crippen molar-refractivity contribution in [3.05, 3.63) is 54.4 Å². The first-order valence-electron chi connectivity index (χ1n) is 5.60. The number of carbonyl (C=O) groups excluding carboxylic acids is 1. The SMILES string of the molecule is CCNC(=O)c1cccc(-c2cccnc2)c1. The number of pyridine rings is 1. The summed E-state index contributed by atoms with van der Waals surface area (Å²) in [5, 5.41) is 2.79. The van der Waals surface area contributed by atoms with E-state index in [-0.39, 0.29) is 5.91 Å². The van der Waals surface area contributed by atoms with E-state index in [1.54, 1.807) is 12.4 Å². The Hall–Kier alpha value is -2.16. The zero-order valence-electron chi connectivity index (χ0n) is 9.68. The van der Waals surface area contributed by atoms with Gasteiger partial charge >= 0.3 is 0 Å². The van der Waals surface area contributed by atoms with Gasteiger partial charge in [0, 0.05) is 30.1 Å². The molecule has 1 aromatic heterocycles. The predicted octanol–water partition coefficient (Wildman–Crippen LogP) is 2.50. The van der Waals surface area contributed by atoms with Gasteiger partial charge < -0.3 is 5.32 Å². The largest absolute Gasteiger partial charge is 0.352 e. The fourth-order valence-electron chi connectivity index (χ4n) is 1.64. The van der Waals surface area contributed by atoms with Crippen LogP contribution in [-0.2, 0) is 0 Å². The molecule has 0 unspecified atom stereocenters. The van der Waals surface area contributed by atoms with Crippen LogP contribution in [-0.4, -0.2) is 17.4 Å². The molecule has 3 nitrogen and oxygen atoms in total. The number of hydrogen-bond acceptors (Lipinski definition) is 2. The first-order chi connectivity index (χ1) is 8.31. The molecule has 3 heteroatoms. The third-order valence-corrected chi connectivity index (χ3v) is 2.46. The van der Waals surface area contributed by atoms with Crippen LogP contribution in [0, 0.1) is 0 Å². The molecule has 2 aromatic rings. The van der Waals surface area contributed by atoms with Crippen LogP contribution in [0.15, 0.2) is 48.8 Å². The Bertz CT molecular complexity index is 509. The van der Waals surface area contributed by atoms with Crippen molar-refractivity contribution in [1.29, 1.82) is 0 Å². The van der Waals surface area contributed by atoms with Gasteiger partial charge in [0.15, 0.2) is 0 Å². The highest BCUT2D eigenvalue weighted by atomic mass is 16.1. The van der Waals surface area contributed by atoms with Crippen molar-refractivity contribution in [3.8, 4) is 11.1 Å². The number of amides is 1. The molecule has 0 aliphatic carbocycles. The highest BCUT2D eigenvalue weighted by Gasteiger charge is 2.05. The van der Waals surface area contributed by atoms with E-state index in [9.17, 15) is 4.79 Å². The summed E-state index contributed by atoms with van der Waals surface area (Å²) in [6.45, 7) is 2.54. The molecule has 0 spiro atoms. The first-order valence-corrected chi connectivity index (χ1v) is 5.60. The second kappa shape index (κ2) is 5.25. The molecular formula is C14H14N2O. The van der Waals surface area contributed by atoms with Gasteiger partial charge in [-0.1, -0.05) is 18.2 Å². The van der Waals surface area contributed by atoms with E-state index in [1.807, 2.05) is 43.3 Å². The van der Waals surface area contributed by atoms with E-state index < -0.39 is 0 Å². The second-order valence-corrected chi connectivity index (χ2v) is 3.68. The van der Waals surface area contributed by atoms with E-state index >= 15 is 0 Å². The maximum Gasteiger partial charge on any atom is 0.251 e. The molecule has 0 bridgehead atoms. The lowest BCUT2D eigenvalue weighted by Crippen LogP contribution is -2.22. The molecule has 86 valence electrons. The number of aromatic nitrogens is 1. The van der Waals surface area contributed by atoms with E-state index in [2.05, 4.69) is 10.3 Å². The quantitative estimate of drug-likeness (QED) is 0.873. The van der Waals surface area contributed by atoms with Gasteiger partial charge in [0.1, 0.15) is 0 Å². The van der Waals surface area contributed by atoms with Crippen LogP contribution < -0.4 is 5.32 Å². The van der Waals surface area contributed by atoms with E-state index in [0.717, 1.165) is 11.1 Å². The number of benzene rings is 1. The van der Waals surface area contributed by atoms with Crippen LogP contribution >= 0.6 is 0 Å². The van der Waals surface area contributed by atoms with Crippen molar-refractivity contribution < 1.29 is 4.79 Å². The zero-order chi connectivity index (χ0) is 12.1. The normalized spacial score (nSPS) is 9.94. The lowest BCUT2D eigenvalue weighted by atomic mass is 10.0. The van der Waals surface area contributed by atoms with Gasteiger partial charge in [-0.15, -0.1) is 0 Å². The van der Waals surface area contributed by atoms with Gasteiger partial charge in [-0.3, -0.25) is 9.78 Å². The van der Waals surface area contributed by atoms with Crippen molar-refractivity contribution in [2.24, 2.45) is 0 Å². The molecule has 1 aromatic carbocycles. The topological polar surface area (TPSA) is 42.0 Å². The Morgan fingerprint density at radius 1 is 1.24 bits per heavy atom. The average molecular weight is 226 g/mol. The molecule has 0 aliphatic rings. The van der Waals surface area contributed by atoms with Crippen molar-refractivity contribution in [1.82, 2.24) is 10.3 Å². The van der Waals surface area contributed by atoms with Gasteiger partial charge in [-0.05, 0) is 30.7 Å². The molecular weight excluding hydrogens is 212 g/mol. The highest BCUT2D eigenvalue weighted by molar-refractivity contribution is 5.95. The summed E-state index contributed by atoms with van der Waals surface area (Å²) in [5.74, 6) is -0.0433. The third-order valence-electron chi connectivity index (χ3n) is 2.46. The second-order valence-electron chi connectivity index (χ2n) is 3.68. The molecule has 0 atom stereocenters. The Morgan fingerprint density at radius 2 is 2.06 bits per heavy atom. The smallest absolute Gasteiger partial charge is 0.251 e. The maximum absolute atomic E-state index is 11.7. The summed E-state index contributed by atoms with van der Waals surface area (Å²) in [4.78, 5) is 15.8. The monoisotopic (exact) mass is 226 g/mol. The Kier molecular flexibility index (Phi) is 3.50. The predicted molar refractivity (Wildman–Crippen MR) is 67.7 cm³/mol. The van der Waals surface area contributed by atoms with Crippen LogP contribution in [0.2, 0.25) is 0 Å². The molecule has 1 amide bonds. The third kappa shape index (κ3) is 2.69. The Labute approximate surface area is 101 Å². The van der Waals surface area contributed by atoms with Gasteiger partial charge in [0.25, 0.3) is 5.91 Å². The summed E-state index contributed by atoms with van der Waals surface area (Å²) in [5.41, 5.74) is 2.69. The van der Waals surface area contributed by atoms with Crippen molar-refractivity contribution in [2.75, 3.05) is 6.54 Å². The van der Waals surface area contributed by atoms with E-state index in [0.29, 0.717) is 12.1 Å².